The van der Waals surface area contributed by atoms with Crippen molar-refractivity contribution < 1.29 is 4.74 Å². The average molecular weight is 437 g/mol. The maximum absolute atomic E-state index is 5.95. The molecule has 2 aromatic rings. The molecule has 0 bridgehead atoms. The average Bonchev–Trinajstić information content (AvgIpc) is 2.43. The number of rotatable bonds is 5. The lowest BCUT2D eigenvalue weighted by Gasteiger charge is -2.18. The van der Waals surface area contributed by atoms with E-state index in [1.54, 1.807) is 0 Å². The maximum atomic E-state index is 5.95. The summed E-state index contributed by atoms with van der Waals surface area (Å²) in [5.41, 5.74) is 0. The van der Waals surface area contributed by atoms with Gasteiger partial charge in [-0.1, -0.05) is 15.9 Å². The molecule has 2 rings (SSSR count). The van der Waals surface area contributed by atoms with Gasteiger partial charge in [0, 0.05) is 17.6 Å². The number of benzene rings is 1. The fourth-order valence-electron chi connectivity index (χ4n) is 1.67. The lowest BCUT2D eigenvalue weighted by molar-refractivity contribution is 0.436. The van der Waals surface area contributed by atoms with E-state index in [4.69, 9.17) is 16.3 Å². The highest BCUT2D eigenvalue weighted by molar-refractivity contribution is 9.11. The third-order valence-corrected chi connectivity index (χ3v) is 4.00. The molecule has 0 atom stereocenters. The monoisotopic (exact) mass is 434 g/mol. The summed E-state index contributed by atoms with van der Waals surface area (Å²) in [5, 5.41) is 0.107. The van der Waals surface area contributed by atoms with Crippen LogP contribution in [0.15, 0.2) is 27.1 Å². The van der Waals surface area contributed by atoms with Crippen LogP contribution in [0, 0.1) is 0 Å². The first-order chi connectivity index (χ1) is 10.0. The van der Waals surface area contributed by atoms with Crippen LogP contribution in [0.4, 0.5) is 5.95 Å². The van der Waals surface area contributed by atoms with Crippen molar-refractivity contribution in [1.29, 1.82) is 0 Å². The molecule has 0 saturated carbocycles. The van der Waals surface area contributed by atoms with Gasteiger partial charge in [-0.25, -0.2) is 0 Å². The Morgan fingerprint density at radius 2 is 1.86 bits per heavy atom. The van der Waals surface area contributed by atoms with Crippen molar-refractivity contribution in [2.45, 2.75) is 13.8 Å². The molecule has 0 aliphatic heterocycles. The van der Waals surface area contributed by atoms with E-state index in [-0.39, 0.29) is 11.3 Å². The number of ether oxygens (including phenoxy) is 1. The van der Waals surface area contributed by atoms with Gasteiger partial charge in [-0.3, -0.25) is 0 Å². The fraction of sp³-hybridized carbons (Fsp3) is 0.308. The molecule has 0 aliphatic carbocycles. The smallest absolute Gasteiger partial charge is 0.328 e. The van der Waals surface area contributed by atoms with Crippen LogP contribution in [0.5, 0.6) is 11.8 Å². The van der Waals surface area contributed by atoms with E-state index in [1.807, 2.05) is 36.9 Å². The van der Waals surface area contributed by atoms with Crippen molar-refractivity contribution in [2.24, 2.45) is 0 Å². The van der Waals surface area contributed by atoms with E-state index in [0.717, 1.165) is 22.0 Å². The minimum atomic E-state index is 0.107. The zero-order valence-electron chi connectivity index (χ0n) is 11.5. The zero-order valence-corrected chi connectivity index (χ0v) is 15.4. The van der Waals surface area contributed by atoms with Gasteiger partial charge >= 0.3 is 6.01 Å². The highest BCUT2D eigenvalue weighted by Gasteiger charge is 2.12. The van der Waals surface area contributed by atoms with Crippen molar-refractivity contribution in [3.8, 4) is 11.8 Å². The van der Waals surface area contributed by atoms with Gasteiger partial charge in [-0.15, -0.1) is 0 Å². The largest absolute Gasteiger partial charge is 0.423 e. The molecule has 1 aromatic heterocycles. The third-order valence-electron chi connectivity index (χ3n) is 2.72. The number of anilines is 1. The molecule has 0 amide bonds. The van der Waals surface area contributed by atoms with Gasteiger partial charge in [0.15, 0.2) is 0 Å². The molecule has 0 aliphatic rings. The van der Waals surface area contributed by atoms with E-state index in [2.05, 4.69) is 46.8 Å². The number of halogens is 3. The molecule has 0 saturated heterocycles. The topological polar surface area (TPSA) is 51.1 Å². The Hall–Kier alpha value is -0.920. The summed E-state index contributed by atoms with van der Waals surface area (Å²) in [6.45, 7) is 5.59. The van der Waals surface area contributed by atoms with Gasteiger partial charge in [0.25, 0.3) is 0 Å². The summed E-state index contributed by atoms with van der Waals surface area (Å²) in [4.78, 5) is 14.4. The van der Waals surface area contributed by atoms with Gasteiger partial charge < -0.3 is 9.64 Å². The number of nitrogens with zero attached hydrogens (tertiary/aromatic N) is 4. The molecule has 1 heterocycles. The second-order valence-corrected chi connectivity index (χ2v) is 6.14. The molecule has 21 heavy (non-hydrogen) atoms. The van der Waals surface area contributed by atoms with E-state index in [9.17, 15) is 0 Å². The Labute approximate surface area is 145 Å². The summed E-state index contributed by atoms with van der Waals surface area (Å²) >= 11 is 12.8. The molecule has 112 valence electrons. The third kappa shape index (κ3) is 4.28. The molecular weight excluding hydrogens is 423 g/mol. The second kappa shape index (κ2) is 7.38. The first kappa shape index (κ1) is 16.5. The Morgan fingerprint density at radius 1 is 1.14 bits per heavy atom. The van der Waals surface area contributed by atoms with Crippen LogP contribution in [0.25, 0.3) is 0 Å². The van der Waals surface area contributed by atoms with Crippen molar-refractivity contribution >= 4 is 49.4 Å². The Bertz CT molecular complexity index is 638. The van der Waals surface area contributed by atoms with Gasteiger partial charge in [-0.05, 0) is 59.6 Å². The summed E-state index contributed by atoms with van der Waals surface area (Å²) in [5.74, 6) is 1.11. The molecule has 1 aromatic carbocycles. The van der Waals surface area contributed by atoms with Crippen LogP contribution in [0.1, 0.15) is 13.8 Å². The molecule has 5 nitrogen and oxygen atoms in total. The summed E-state index contributed by atoms with van der Waals surface area (Å²) < 4.78 is 7.42. The quantitative estimate of drug-likeness (QED) is 0.681. The van der Waals surface area contributed by atoms with Crippen LogP contribution in [0.3, 0.4) is 0 Å². The van der Waals surface area contributed by atoms with E-state index < -0.39 is 0 Å². The Kier molecular flexibility index (Phi) is 5.78. The molecule has 0 fully saturated rings. The predicted octanol–water partition coefficient (Wildman–Crippen LogP) is 4.69. The number of hydrogen-bond acceptors (Lipinski definition) is 5. The minimum Gasteiger partial charge on any atom is -0.423 e. The standard InChI is InChI=1S/C13H13Br2ClN4O/c1-3-20(4-2)12-17-11(16)18-13(19-12)21-10-6-5-8(14)7-9(10)15/h5-7H,3-4H2,1-2H3. The van der Waals surface area contributed by atoms with Gasteiger partial charge in [0.2, 0.25) is 11.2 Å². The first-order valence-corrected chi connectivity index (χ1v) is 8.29. The van der Waals surface area contributed by atoms with Gasteiger partial charge in [-0.2, -0.15) is 15.0 Å². The van der Waals surface area contributed by atoms with Crippen LogP contribution < -0.4 is 9.64 Å². The molecule has 0 unspecified atom stereocenters. The van der Waals surface area contributed by atoms with Crippen molar-refractivity contribution in [2.75, 3.05) is 18.0 Å². The van der Waals surface area contributed by atoms with Crippen molar-refractivity contribution in [3.63, 3.8) is 0 Å². The predicted molar refractivity (Wildman–Crippen MR) is 90.3 cm³/mol. The highest BCUT2D eigenvalue weighted by atomic mass is 79.9. The molecule has 8 heteroatoms. The van der Waals surface area contributed by atoms with Crippen LogP contribution >= 0.6 is 43.5 Å². The van der Waals surface area contributed by atoms with Crippen molar-refractivity contribution in [3.05, 3.63) is 32.4 Å². The zero-order chi connectivity index (χ0) is 15.4. The Balaban J connectivity index is 2.31. The first-order valence-electron chi connectivity index (χ1n) is 6.33. The molecule has 0 spiro atoms. The SMILES string of the molecule is CCN(CC)c1nc(Cl)nc(Oc2ccc(Br)cc2Br)n1. The number of aromatic nitrogens is 3. The number of hydrogen-bond donors (Lipinski definition) is 0. The van der Waals surface area contributed by atoms with Crippen LogP contribution in [-0.2, 0) is 0 Å². The Morgan fingerprint density at radius 3 is 2.48 bits per heavy atom. The lowest BCUT2D eigenvalue weighted by Crippen LogP contribution is -2.24. The maximum Gasteiger partial charge on any atom is 0.328 e. The second-order valence-electron chi connectivity index (χ2n) is 4.04. The highest BCUT2D eigenvalue weighted by Crippen LogP contribution is 2.31. The van der Waals surface area contributed by atoms with E-state index in [1.165, 1.54) is 0 Å². The van der Waals surface area contributed by atoms with E-state index >= 15 is 0 Å². The van der Waals surface area contributed by atoms with E-state index in [0.29, 0.717) is 11.7 Å². The lowest BCUT2D eigenvalue weighted by atomic mass is 10.3. The minimum absolute atomic E-state index is 0.107. The van der Waals surface area contributed by atoms with Crippen LogP contribution in [0.2, 0.25) is 5.28 Å². The van der Waals surface area contributed by atoms with Gasteiger partial charge in [0.05, 0.1) is 4.47 Å². The molecular formula is C13H13Br2ClN4O. The summed E-state index contributed by atoms with van der Waals surface area (Å²) in [6, 6.07) is 5.72. The van der Waals surface area contributed by atoms with Crippen molar-refractivity contribution in [1.82, 2.24) is 15.0 Å². The fourth-order valence-corrected chi connectivity index (χ4v) is 2.95. The summed E-state index contributed by atoms with van der Waals surface area (Å²) in [7, 11) is 0. The van der Waals surface area contributed by atoms with Gasteiger partial charge in [0.1, 0.15) is 5.75 Å². The molecule has 0 radical (unpaired) electrons. The molecule has 0 N–H and O–H groups in total. The summed E-state index contributed by atoms with van der Waals surface area (Å²) in [6.07, 6.45) is 0. The normalized spacial score (nSPS) is 10.5. The van der Waals surface area contributed by atoms with Crippen LogP contribution in [-0.4, -0.2) is 28.0 Å².